The molecule has 0 aliphatic heterocycles. The normalized spacial score (nSPS) is 11.4. The Bertz CT molecular complexity index is 606. The van der Waals surface area contributed by atoms with Gasteiger partial charge < -0.3 is 19.5 Å². The van der Waals surface area contributed by atoms with Gasteiger partial charge in [-0.05, 0) is 19.1 Å². The molecule has 0 bridgehead atoms. The first-order valence-corrected chi connectivity index (χ1v) is 6.88. The van der Waals surface area contributed by atoms with Gasteiger partial charge in [0.05, 0.1) is 14.2 Å². The molecule has 0 radical (unpaired) electrons. The first-order chi connectivity index (χ1) is 10.6. The van der Waals surface area contributed by atoms with E-state index in [9.17, 15) is 4.79 Å². The average molecular weight is 301 g/mol. The van der Waals surface area contributed by atoms with Crippen molar-refractivity contribution in [1.29, 1.82) is 0 Å². The van der Waals surface area contributed by atoms with Gasteiger partial charge >= 0.3 is 0 Å². The summed E-state index contributed by atoms with van der Waals surface area (Å²) in [6, 6.07) is 14.4. The maximum absolute atomic E-state index is 12.2. The molecule has 5 nitrogen and oxygen atoms in total. The lowest BCUT2D eigenvalue weighted by Gasteiger charge is -2.15. The summed E-state index contributed by atoms with van der Waals surface area (Å²) in [5.74, 6) is 1.60. The van der Waals surface area contributed by atoms with Crippen LogP contribution in [0.5, 0.6) is 17.2 Å². The molecule has 116 valence electrons. The maximum Gasteiger partial charge on any atom is 0.265 e. The van der Waals surface area contributed by atoms with Crippen LogP contribution >= 0.6 is 0 Å². The zero-order valence-electron chi connectivity index (χ0n) is 12.8. The summed E-state index contributed by atoms with van der Waals surface area (Å²) >= 11 is 0. The van der Waals surface area contributed by atoms with Crippen LogP contribution in [0.15, 0.2) is 48.5 Å². The average Bonchev–Trinajstić information content (AvgIpc) is 2.55. The van der Waals surface area contributed by atoms with Gasteiger partial charge in [-0.1, -0.05) is 18.2 Å². The first-order valence-electron chi connectivity index (χ1n) is 6.88. The molecule has 0 aliphatic carbocycles. The molecule has 2 aromatic carbocycles. The van der Waals surface area contributed by atoms with Crippen LogP contribution in [-0.4, -0.2) is 26.2 Å². The van der Waals surface area contributed by atoms with E-state index in [1.54, 1.807) is 51.5 Å². The van der Waals surface area contributed by atoms with Gasteiger partial charge in [0.2, 0.25) is 0 Å². The van der Waals surface area contributed by atoms with Crippen molar-refractivity contribution in [3.8, 4) is 17.2 Å². The number of benzene rings is 2. The molecular weight excluding hydrogens is 282 g/mol. The predicted molar refractivity (Wildman–Crippen MR) is 84.7 cm³/mol. The van der Waals surface area contributed by atoms with E-state index in [1.807, 2.05) is 18.2 Å². The second-order valence-electron chi connectivity index (χ2n) is 4.66. The molecule has 0 heterocycles. The zero-order chi connectivity index (χ0) is 15.9. The molecule has 22 heavy (non-hydrogen) atoms. The lowest BCUT2D eigenvalue weighted by molar-refractivity contribution is -0.122. The van der Waals surface area contributed by atoms with E-state index in [-0.39, 0.29) is 5.91 Å². The third-order valence-electron chi connectivity index (χ3n) is 3.04. The highest BCUT2D eigenvalue weighted by molar-refractivity contribution is 5.94. The van der Waals surface area contributed by atoms with Crippen LogP contribution in [0.2, 0.25) is 0 Å². The van der Waals surface area contributed by atoms with Crippen molar-refractivity contribution >= 4 is 11.6 Å². The lowest BCUT2D eigenvalue weighted by Crippen LogP contribution is -2.30. The van der Waals surface area contributed by atoms with Crippen molar-refractivity contribution in [2.45, 2.75) is 13.0 Å². The summed E-state index contributed by atoms with van der Waals surface area (Å²) in [6.07, 6.45) is -0.625. The predicted octanol–water partition coefficient (Wildman–Crippen LogP) is 3.11. The largest absolute Gasteiger partial charge is 0.497 e. The minimum Gasteiger partial charge on any atom is -0.497 e. The summed E-state index contributed by atoms with van der Waals surface area (Å²) in [5, 5.41) is 2.79. The van der Waals surface area contributed by atoms with Crippen molar-refractivity contribution in [2.75, 3.05) is 19.5 Å². The van der Waals surface area contributed by atoms with Gasteiger partial charge in [-0.15, -0.1) is 0 Å². The van der Waals surface area contributed by atoms with Crippen molar-refractivity contribution < 1.29 is 19.0 Å². The minimum absolute atomic E-state index is 0.251. The molecule has 0 aliphatic rings. The summed E-state index contributed by atoms with van der Waals surface area (Å²) in [7, 11) is 3.11. The first kappa shape index (κ1) is 15.7. The minimum atomic E-state index is -0.625. The van der Waals surface area contributed by atoms with Crippen molar-refractivity contribution in [3.05, 3.63) is 48.5 Å². The Labute approximate surface area is 129 Å². The Morgan fingerprint density at radius 1 is 0.955 bits per heavy atom. The van der Waals surface area contributed by atoms with Crippen LogP contribution in [0.3, 0.4) is 0 Å². The number of carbonyl (C=O) groups excluding carboxylic acids is 1. The van der Waals surface area contributed by atoms with E-state index in [0.717, 1.165) is 0 Å². The van der Waals surface area contributed by atoms with Gasteiger partial charge in [0, 0.05) is 23.9 Å². The van der Waals surface area contributed by atoms with Crippen LogP contribution in [0, 0.1) is 0 Å². The third-order valence-corrected chi connectivity index (χ3v) is 3.04. The number of ether oxygens (including phenoxy) is 3. The number of nitrogens with one attached hydrogen (secondary N) is 1. The number of methoxy groups -OCH3 is 2. The maximum atomic E-state index is 12.2. The fourth-order valence-corrected chi connectivity index (χ4v) is 1.88. The van der Waals surface area contributed by atoms with Crippen LogP contribution in [0.25, 0.3) is 0 Å². The highest BCUT2D eigenvalue weighted by Crippen LogP contribution is 2.26. The van der Waals surface area contributed by atoms with Crippen LogP contribution < -0.4 is 19.5 Å². The van der Waals surface area contributed by atoms with Crippen molar-refractivity contribution in [3.63, 3.8) is 0 Å². The van der Waals surface area contributed by atoms with Gasteiger partial charge in [-0.3, -0.25) is 4.79 Å². The summed E-state index contributed by atoms with van der Waals surface area (Å²) < 4.78 is 15.9. The molecule has 5 heteroatoms. The van der Waals surface area contributed by atoms with Crippen LogP contribution in [0.4, 0.5) is 5.69 Å². The molecule has 0 saturated carbocycles. The summed E-state index contributed by atoms with van der Waals surface area (Å²) in [6.45, 7) is 1.69. The van der Waals surface area contributed by atoms with E-state index in [2.05, 4.69) is 5.32 Å². The summed E-state index contributed by atoms with van der Waals surface area (Å²) in [4.78, 5) is 12.2. The molecule has 0 saturated heterocycles. The molecule has 2 rings (SSSR count). The summed E-state index contributed by atoms with van der Waals surface area (Å²) in [5.41, 5.74) is 0.588. The number of anilines is 1. The Morgan fingerprint density at radius 3 is 2.09 bits per heavy atom. The fourth-order valence-electron chi connectivity index (χ4n) is 1.88. The van der Waals surface area contributed by atoms with E-state index in [0.29, 0.717) is 22.9 Å². The van der Waals surface area contributed by atoms with Crippen molar-refractivity contribution in [1.82, 2.24) is 0 Å². The standard InChI is InChI=1S/C17H19NO4/c1-12(22-14-7-5-4-6-8-14)17(19)18-13-9-15(20-2)11-16(10-13)21-3/h4-12H,1-3H3,(H,18,19)/t12-/m0/s1. The number of para-hydroxylation sites is 1. The van der Waals surface area contributed by atoms with Crippen LogP contribution in [0.1, 0.15) is 6.92 Å². The fraction of sp³-hybridized carbons (Fsp3) is 0.235. The lowest BCUT2D eigenvalue weighted by atomic mass is 10.2. The third kappa shape index (κ3) is 4.15. The topological polar surface area (TPSA) is 56.8 Å². The number of amides is 1. The molecule has 0 fully saturated rings. The van der Waals surface area contributed by atoms with Gasteiger partial charge in [0.15, 0.2) is 6.10 Å². The highest BCUT2D eigenvalue weighted by Gasteiger charge is 2.15. The van der Waals surface area contributed by atoms with Gasteiger partial charge in [0.1, 0.15) is 17.2 Å². The van der Waals surface area contributed by atoms with E-state index < -0.39 is 6.10 Å². The van der Waals surface area contributed by atoms with Crippen molar-refractivity contribution in [2.24, 2.45) is 0 Å². The molecular formula is C17H19NO4. The molecule has 0 spiro atoms. The molecule has 1 amide bonds. The SMILES string of the molecule is COc1cc(NC(=O)[C@H](C)Oc2ccccc2)cc(OC)c1. The molecule has 0 unspecified atom stereocenters. The smallest absolute Gasteiger partial charge is 0.265 e. The molecule has 2 aromatic rings. The van der Waals surface area contributed by atoms with Gasteiger partial charge in [0.25, 0.3) is 5.91 Å². The second kappa shape index (κ2) is 7.36. The Kier molecular flexibility index (Phi) is 5.25. The Morgan fingerprint density at radius 2 is 1.55 bits per heavy atom. The number of carbonyl (C=O) groups is 1. The quantitative estimate of drug-likeness (QED) is 0.890. The highest BCUT2D eigenvalue weighted by atomic mass is 16.5. The second-order valence-corrected chi connectivity index (χ2v) is 4.66. The number of hydrogen-bond acceptors (Lipinski definition) is 4. The van der Waals surface area contributed by atoms with Crippen LogP contribution in [-0.2, 0) is 4.79 Å². The molecule has 0 aromatic heterocycles. The number of hydrogen-bond donors (Lipinski definition) is 1. The monoisotopic (exact) mass is 301 g/mol. The van der Waals surface area contributed by atoms with Gasteiger partial charge in [-0.25, -0.2) is 0 Å². The molecule has 1 N–H and O–H groups in total. The molecule has 1 atom stereocenters. The van der Waals surface area contributed by atoms with E-state index >= 15 is 0 Å². The Hall–Kier alpha value is -2.69. The van der Waals surface area contributed by atoms with Gasteiger partial charge in [-0.2, -0.15) is 0 Å². The Balaban J connectivity index is 2.04. The van der Waals surface area contributed by atoms with E-state index in [4.69, 9.17) is 14.2 Å². The van der Waals surface area contributed by atoms with E-state index in [1.165, 1.54) is 0 Å². The zero-order valence-corrected chi connectivity index (χ0v) is 12.8. The number of rotatable bonds is 6.